The quantitative estimate of drug-likeness (QED) is 0.191. The predicted molar refractivity (Wildman–Crippen MR) is 128 cm³/mol. The molecule has 1 fully saturated rings. The van der Waals surface area contributed by atoms with Crippen molar-refractivity contribution in [1.29, 1.82) is 0 Å². The molecule has 0 bridgehead atoms. The van der Waals surface area contributed by atoms with Gasteiger partial charge in [0, 0.05) is 28.2 Å². The maximum atomic E-state index is 12.5. The SMILES string of the molecule is FC(F)(F)Oc1ccc(CN(Sc2ccc(Cl)nc2)c2ncc3ccccc3c2C2CC2)cc1. The summed E-state index contributed by atoms with van der Waals surface area (Å²) in [6.07, 6.45) is 1.04. The molecule has 1 aliphatic rings. The third-order valence-electron chi connectivity index (χ3n) is 5.44. The van der Waals surface area contributed by atoms with E-state index in [9.17, 15) is 13.2 Å². The van der Waals surface area contributed by atoms with Crippen LogP contribution in [0, 0.1) is 0 Å². The van der Waals surface area contributed by atoms with Gasteiger partial charge in [0.2, 0.25) is 0 Å². The van der Waals surface area contributed by atoms with Crippen molar-refractivity contribution in [3.8, 4) is 5.75 Å². The van der Waals surface area contributed by atoms with E-state index in [4.69, 9.17) is 16.6 Å². The fourth-order valence-corrected chi connectivity index (χ4v) is 4.85. The van der Waals surface area contributed by atoms with Crippen molar-refractivity contribution in [2.45, 2.75) is 36.6 Å². The maximum absolute atomic E-state index is 12.5. The Balaban J connectivity index is 1.51. The van der Waals surface area contributed by atoms with Crippen LogP contribution in [0.4, 0.5) is 19.0 Å². The van der Waals surface area contributed by atoms with Gasteiger partial charge in [-0.15, -0.1) is 13.2 Å². The van der Waals surface area contributed by atoms with Crippen LogP contribution in [-0.4, -0.2) is 16.3 Å². The van der Waals surface area contributed by atoms with Crippen molar-refractivity contribution in [2.24, 2.45) is 0 Å². The molecule has 2 heterocycles. The van der Waals surface area contributed by atoms with Gasteiger partial charge < -0.3 is 4.74 Å². The van der Waals surface area contributed by atoms with Crippen LogP contribution in [-0.2, 0) is 6.54 Å². The largest absolute Gasteiger partial charge is 0.573 e. The highest BCUT2D eigenvalue weighted by atomic mass is 35.5. The van der Waals surface area contributed by atoms with Crippen molar-refractivity contribution in [3.05, 3.63) is 89.3 Å². The van der Waals surface area contributed by atoms with Crippen LogP contribution in [0.3, 0.4) is 0 Å². The third-order valence-corrected chi connectivity index (χ3v) is 6.64. The highest BCUT2D eigenvalue weighted by Crippen LogP contribution is 2.48. The fraction of sp³-hybridized carbons (Fsp3) is 0.200. The monoisotopic (exact) mass is 501 g/mol. The molecule has 2 aromatic heterocycles. The minimum Gasteiger partial charge on any atom is -0.406 e. The first-order valence-corrected chi connectivity index (χ1v) is 11.8. The molecule has 9 heteroatoms. The van der Waals surface area contributed by atoms with Gasteiger partial charge in [-0.2, -0.15) is 0 Å². The molecule has 4 nitrogen and oxygen atoms in total. The minimum absolute atomic E-state index is 0.250. The number of halogens is 4. The molecule has 0 atom stereocenters. The number of fused-ring (bicyclic) bond motifs is 1. The first-order valence-electron chi connectivity index (χ1n) is 10.6. The van der Waals surface area contributed by atoms with Crippen LogP contribution < -0.4 is 9.04 Å². The van der Waals surface area contributed by atoms with Crippen LogP contribution in [0.25, 0.3) is 10.8 Å². The third kappa shape index (κ3) is 5.39. The Morgan fingerprint density at radius 3 is 2.41 bits per heavy atom. The van der Waals surface area contributed by atoms with Gasteiger partial charge in [-0.3, -0.25) is 4.31 Å². The molecule has 1 saturated carbocycles. The van der Waals surface area contributed by atoms with Gasteiger partial charge in [0.25, 0.3) is 0 Å². The number of benzene rings is 2. The zero-order chi connectivity index (χ0) is 23.7. The molecule has 5 rings (SSSR count). The fourth-order valence-electron chi connectivity index (χ4n) is 3.81. The van der Waals surface area contributed by atoms with Crippen LogP contribution in [0.2, 0.25) is 5.15 Å². The summed E-state index contributed by atoms with van der Waals surface area (Å²) in [5, 5.41) is 2.65. The predicted octanol–water partition coefficient (Wildman–Crippen LogP) is 7.77. The summed E-state index contributed by atoms with van der Waals surface area (Å²) in [6, 6.07) is 17.7. The second kappa shape index (κ2) is 9.35. The highest BCUT2D eigenvalue weighted by Gasteiger charge is 2.32. The number of hydrogen-bond donors (Lipinski definition) is 0. The van der Waals surface area contributed by atoms with Gasteiger partial charge in [-0.1, -0.05) is 48.0 Å². The van der Waals surface area contributed by atoms with E-state index in [1.807, 2.05) is 24.4 Å². The molecular weight excluding hydrogens is 483 g/mol. The summed E-state index contributed by atoms with van der Waals surface area (Å²) in [5.74, 6) is 1.03. The molecule has 1 aliphatic carbocycles. The standard InChI is InChI=1S/C25H19ClF3N3OS/c26-22-12-11-20(14-30-22)34-32(15-16-5-9-19(10-6-16)33-25(27,28)29)24-23(17-7-8-17)21-4-2-1-3-18(21)13-31-24/h1-6,9-14,17H,7-8,15H2. The Morgan fingerprint density at radius 1 is 0.971 bits per heavy atom. The van der Waals surface area contributed by atoms with E-state index in [1.165, 1.54) is 35.0 Å². The molecule has 2 aromatic carbocycles. The lowest BCUT2D eigenvalue weighted by Crippen LogP contribution is -2.18. The Hall–Kier alpha value is -2.97. The second-order valence-electron chi connectivity index (χ2n) is 7.99. The normalized spacial score (nSPS) is 13.8. The molecule has 0 N–H and O–H groups in total. The average molecular weight is 502 g/mol. The van der Waals surface area contributed by atoms with Crippen molar-refractivity contribution in [3.63, 3.8) is 0 Å². The van der Waals surface area contributed by atoms with E-state index in [2.05, 4.69) is 26.2 Å². The molecule has 0 radical (unpaired) electrons. The summed E-state index contributed by atoms with van der Waals surface area (Å²) in [6.45, 7) is 0.421. The van der Waals surface area contributed by atoms with Crippen LogP contribution in [0.1, 0.15) is 29.9 Å². The van der Waals surface area contributed by atoms with Gasteiger partial charge in [0.1, 0.15) is 16.7 Å². The van der Waals surface area contributed by atoms with Gasteiger partial charge >= 0.3 is 6.36 Å². The topological polar surface area (TPSA) is 38.2 Å². The first-order chi connectivity index (χ1) is 16.4. The second-order valence-corrected chi connectivity index (χ2v) is 9.48. The van der Waals surface area contributed by atoms with Gasteiger partial charge in [0.05, 0.1) is 6.54 Å². The van der Waals surface area contributed by atoms with Crippen molar-refractivity contribution >= 4 is 40.1 Å². The Labute approximate surface area is 203 Å². The van der Waals surface area contributed by atoms with Crippen molar-refractivity contribution in [2.75, 3.05) is 4.31 Å². The van der Waals surface area contributed by atoms with Gasteiger partial charge in [0.15, 0.2) is 0 Å². The first kappa shape index (κ1) is 22.8. The van der Waals surface area contributed by atoms with Crippen LogP contribution in [0.5, 0.6) is 5.75 Å². The minimum atomic E-state index is -4.72. The molecule has 174 valence electrons. The summed E-state index contributed by atoms with van der Waals surface area (Å²) >= 11 is 7.42. The summed E-state index contributed by atoms with van der Waals surface area (Å²) in [5.41, 5.74) is 2.02. The van der Waals surface area contributed by atoms with Gasteiger partial charge in [-0.05, 0) is 65.9 Å². The van der Waals surface area contributed by atoms with E-state index >= 15 is 0 Å². The number of ether oxygens (including phenoxy) is 1. The summed E-state index contributed by atoms with van der Waals surface area (Å²) in [4.78, 5) is 9.88. The lowest BCUT2D eigenvalue weighted by atomic mass is 10.0. The van der Waals surface area contributed by atoms with Gasteiger partial charge in [-0.25, -0.2) is 9.97 Å². The Bertz CT molecular complexity index is 1300. The zero-order valence-corrected chi connectivity index (χ0v) is 19.4. The van der Waals surface area contributed by atoms with E-state index in [0.29, 0.717) is 17.6 Å². The summed E-state index contributed by atoms with van der Waals surface area (Å²) < 4.78 is 43.7. The van der Waals surface area contributed by atoms with Crippen molar-refractivity contribution in [1.82, 2.24) is 9.97 Å². The number of pyridine rings is 2. The highest BCUT2D eigenvalue weighted by molar-refractivity contribution is 8.00. The number of nitrogens with zero attached hydrogens (tertiary/aromatic N) is 3. The molecule has 0 amide bonds. The average Bonchev–Trinajstić information content (AvgIpc) is 3.65. The van der Waals surface area contributed by atoms with Crippen molar-refractivity contribution < 1.29 is 17.9 Å². The molecule has 0 aliphatic heterocycles. The van der Waals surface area contributed by atoms with E-state index in [0.717, 1.165) is 34.5 Å². The molecule has 0 unspecified atom stereocenters. The summed E-state index contributed by atoms with van der Waals surface area (Å²) in [7, 11) is 0. The van der Waals surface area contributed by atoms with E-state index < -0.39 is 6.36 Å². The van der Waals surface area contributed by atoms with Crippen LogP contribution in [0.15, 0.2) is 78.0 Å². The lowest BCUT2D eigenvalue weighted by Gasteiger charge is -2.26. The smallest absolute Gasteiger partial charge is 0.406 e. The number of aromatic nitrogens is 2. The maximum Gasteiger partial charge on any atom is 0.573 e. The van der Waals surface area contributed by atoms with E-state index in [-0.39, 0.29) is 5.75 Å². The number of anilines is 1. The molecule has 0 saturated heterocycles. The number of hydrogen-bond acceptors (Lipinski definition) is 5. The van der Waals surface area contributed by atoms with Crippen LogP contribution >= 0.6 is 23.5 Å². The lowest BCUT2D eigenvalue weighted by molar-refractivity contribution is -0.274. The zero-order valence-electron chi connectivity index (χ0n) is 17.8. The number of alkyl halides is 3. The molecule has 34 heavy (non-hydrogen) atoms. The van der Waals surface area contributed by atoms with E-state index in [1.54, 1.807) is 24.4 Å². The molecule has 4 aromatic rings. The Kier molecular flexibility index (Phi) is 6.27. The number of rotatable bonds is 7. The molecular formula is C25H19ClF3N3OS. The molecule has 0 spiro atoms. The Morgan fingerprint density at radius 2 is 1.74 bits per heavy atom.